The van der Waals surface area contributed by atoms with Crippen molar-refractivity contribution in [3.63, 3.8) is 0 Å². The number of nitrogens with zero attached hydrogens (tertiary/aromatic N) is 4. The van der Waals surface area contributed by atoms with Crippen molar-refractivity contribution >= 4 is 11.6 Å². The highest BCUT2D eigenvalue weighted by Gasteiger charge is 2.17. The van der Waals surface area contributed by atoms with Crippen LogP contribution in [-0.2, 0) is 6.54 Å². The van der Waals surface area contributed by atoms with Gasteiger partial charge < -0.3 is 10.1 Å². The molecule has 0 aromatic carbocycles. The van der Waals surface area contributed by atoms with E-state index in [1.165, 1.54) is 0 Å². The van der Waals surface area contributed by atoms with Crippen LogP contribution in [0, 0.1) is 6.92 Å². The fraction of sp³-hybridized carbons (Fsp3) is 0.200. The van der Waals surface area contributed by atoms with E-state index in [0.717, 1.165) is 5.56 Å². The number of amides is 1. The highest BCUT2D eigenvalue weighted by atomic mass is 16.5. The largest absolute Gasteiger partial charge is 0.481 e. The van der Waals surface area contributed by atoms with Crippen molar-refractivity contribution in [3.8, 4) is 5.88 Å². The van der Waals surface area contributed by atoms with Crippen molar-refractivity contribution in [2.24, 2.45) is 0 Å². The molecule has 0 aliphatic heterocycles. The number of aryl methyl sites for hydroxylation is 1. The van der Waals surface area contributed by atoms with Gasteiger partial charge in [-0.15, -0.1) is 0 Å². The van der Waals surface area contributed by atoms with Gasteiger partial charge >= 0.3 is 0 Å². The molecule has 7 nitrogen and oxygen atoms in total. The van der Waals surface area contributed by atoms with Gasteiger partial charge in [0.05, 0.1) is 12.8 Å². The van der Waals surface area contributed by atoms with Crippen LogP contribution in [0.1, 0.15) is 21.6 Å². The van der Waals surface area contributed by atoms with Crippen LogP contribution < -0.4 is 10.1 Å². The molecule has 0 saturated heterocycles. The minimum absolute atomic E-state index is 0.207. The summed E-state index contributed by atoms with van der Waals surface area (Å²) in [4.78, 5) is 20.7. The van der Waals surface area contributed by atoms with Gasteiger partial charge in [-0.1, -0.05) is 0 Å². The van der Waals surface area contributed by atoms with Crippen LogP contribution in [0.5, 0.6) is 5.88 Å². The highest BCUT2D eigenvalue weighted by Crippen LogP contribution is 2.13. The number of rotatable bonds is 4. The molecule has 0 aliphatic rings. The summed E-state index contributed by atoms with van der Waals surface area (Å²) < 4.78 is 6.66. The van der Waals surface area contributed by atoms with Crippen molar-refractivity contribution in [2.45, 2.75) is 13.5 Å². The molecule has 3 aromatic rings. The summed E-state index contributed by atoms with van der Waals surface area (Å²) in [5.74, 6) is 0.308. The van der Waals surface area contributed by atoms with Gasteiger partial charge in [-0.3, -0.25) is 4.79 Å². The lowest BCUT2D eigenvalue weighted by atomic mass is 10.2. The molecule has 0 unspecified atom stereocenters. The molecule has 0 aliphatic carbocycles. The van der Waals surface area contributed by atoms with Gasteiger partial charge in [0.1, 0.15) is 5.56 Å². The van der Waals surface area contributed by atoms with E-state index in [4.69, 9.17) is 4.74 Å². The molecule has 1 amide bonds. The number of methoxy groups -OCH3 is 1. The topological polar surface area (TPSA) is 81.4 Å². The second-order valence-corrected chi connectivity index (χ2v) is 4.74. The number of hydrogen-bond acceptors (Lipinski definition) is 5. The zero-order valence-electron chi connectivity index (χ0n) is 12.3. The Morgan fingerprint density at radius 2 is 2.23 bits per heavy atom. The molecule has 7 heteroatoms. The van der Waals surface area contributed by atoms with Crippen molar-refractivity contribution < 1.29 is 9.53 Å². The third-order valence-corrected chi connectivity index (χ3v) is 3.26. The highest BCUT2D eigenvalue weighted by molar-refractivity contribution is 6.00. The van der Waals surface area contributed by atoms with E-state index in [2.05, 4.69) is 20.4 Å². The van der Waals surface area contributed by atoms with E-state index in [0.29, 0.717) is 29.3 Å². The monoisotopic (exact) mass is 297 g/mol. The minimum Gasteiger partial charge on any atom is -0.481 e. The smallest absolute Gasteiger partial charge is 0.257 e. The lowest BCUT2D eigenvalue weighted by Gasteiger charge is -2.06. The molecule has 0 spiro atoms. The van der Waals surface area contributed by atoms with E-state index in [1.54, 1.807) is 49.3 Å². The minimum atomic E-state index is -0.207. The molecular weight excluding hydrogens is 282 g/mol. The van der Waals surface area contributed by atoms with Crippen molar-refractivity contribution in [1.29, 1.82) is 0 Å². The predicted octanol–water partition coefficient (Wildman–Crippen LogP) is 1.37. The SMILES string of the molecule is COc1cc(CNC(=O)c2c(C)nn3cccnc23)ccn1. The second-order valence-electron chi connectivity index (χ2n) is 4.74. The van der Waals surface area contributed by atoms with Gasteiger partial charge in [-0.25, -0.2) is 14.5 Å². The van der Waals surface area contributed by atoms with Gasteiger partial charge in [0.2, 0.25) is 5.88 Å². The van der Waals surface area contributed by atoms with Crippen LogP contribution >= 0.6 is 0 Å². The lowest BCUT2D eigenvalue weighted by Crippen LogP contribution is -2.23. The summed E-state index contributed by atoms with van der Waals surface area (Å²) in [6.45, 7) is 2.17. The molecule has 3 rings (SSSR count). The number of ether oxygens (including phenoxy) is 1. The Morgan fingerprint density at radius 1 is 1.36 bits per heavy atom. The summed E-state index contributed by atoms with van der Waals surface area (Å²) in [7, 11) is 1.55. The number of carbonyl (C=O) groups excluding carboxylic acids is 1. The Morgan fingerprint density at radius 3 is 3.05 bits per heavy atom. The van der Waals surface area contributed by atoms with E-state index in [1.807, 2.05) is 6.07 Å². The first-order valence-corrected chi connectivity index (χ1v) is 6.76. The van der Waals surface area contributed by atoms with Crippen molar-refractivity contribution in [3.05, 3.63) is 53.6 Å². The van der Waals surface area contributed by atoms with Crippen molar-refractivity contribution in [2.75, 3.05) is 7.11 Å². The van der Waals surface area contributed by atoms with E-state index >= 15 is 0 Å². The molecule has 0 bridgehead atoms. The third-order valence-electron chi connectivity index (χ3n) is 3.26. The van der Waals surface area contributed by atoms with Crippen LogP contribution in [0.25, 0.3) is 5.65 Å². The fourth-order valence-electron chi connectivity index (χ4n) is 2.21. The van der Waals surface area contributed by atoms with Crippen LogP contribution in [0.4, 0.5) is 0 Å². The summed E-state index contributed by atoms with van der Waals surface area (Å²) in [5.41, 5.74) is 2.58. The molecule has 0 fully saturated rings. The molecule has 3 heterocycles. The average Bonchev–Trinajstić information content (AvgIpc) is 2.88. The van der Waals surface area contributed by atoms with Crippen LogP contribution in [-0.4, -0.2) is 32.6 Å². The Hall–Kier alpha value is -2.96. The van der Waals surface area contributed by atoms with Gasteiger partial charge in [-0.05, 0) is 24.6 Å². The normalized spacial score (nSPS) is 10.6. The zero-order chi connectivity index (χ0) is 15.5. The van der Waals surface area contributed by atoms with Crippen LogP contribution in [0.3, 0.4) is 0 Å². The number of nitrogens with one attached hydrogen (secondary N) is 1. The average molecular weight is 297 g/mol. The first kappa shape index (κ1) is 14.0. The molecule has 0 radical (unpaired) electrons. The molecule has 0 saturated carbocycles. The maximum Gasteiger partial charge on any atom is 0.257 e. The third kappa shape index (κ3) is 2.60. The molecule has 1 N–H and O–H groups in total. The quantitative estimate of drug-likeness (QED) is 0.786. The summed E-state index contributed by atoms with van der Waals surface area (Å²) in [6.07, 6.45) is 5.04. The van der Waals surface area contributed by atoms with E-state index in [-0.39, 0.29) is 5.91 Å². The number of carbonyl (C=O) groups is 1. The molecule has 3 aromatic heterocycles. The molecule has 112 valence electrons. The number of pyridine rings is 1. The summed E-state index contributed by atoms with van der Waals surface area (Å²) in [6, 6.07) is 5.37. The van der Waals surface area contributed by atoms with Gasteiger partial charge in [-0.2, -0.15) is 5.10 Å². The number of aromatic nitrogens is 4. The lowest BCUT2D eigenvalue weighted by molar-refractivity contribution is 0.0951. The standard InChI is InChI=1S/C15H15N5O2/c1-10-13(14-17-5-3-7-20(14)19-10)15(21)18-9-11-4-6-16-12(8-11)22-2/h3-8H,9H2,1-2H3,(H,18,21). The molecule has 22 heavy (non-hydrogen) atoms. The molecular formula is C15H15N5O2. The van der Waals surface area contributed by atoms with E-state index in [9.17, 15) is 4.79 Å². The van der Waals surface area contributed by atoms with Crippen molar-refractivity contribution in [1.82, 2.24) is 24.9 Å². The maximum absolute atomic E-state index is 12.4. The first-order chi connectivity index (χ1) is 10.7. The Kier molecular flexibility index (Phi) is 3.69. The summed E-state index contributed by atoms with van der Waals surface area (Å²) in [5, 5.41) is 7.15. The Balaban J connectivity index is 1.80. The van der Waals surface area contributed by atoms with Crippen LogP contribution in [0.2, 0.25) is 0 Å². The number of hydrogen-bond donors (Lipinski definition) is 1. The first-order valence-electron chi connectivity index (χ1n) is 6.76. The van der Waals surface area contributed by atoms with E-state index < -0.39 is 0 Å². The second kappa shape index (κ2) is 5.80. The Labute approximate surface area is 127 Å². The number of fused-ring (bicyclic) bond motifs is 1. The Bertz CT molecular complexity index is 828. The molecule has 0 atom stereocenters. The van der Waals surface area contributed by atoms with Gasteiger partial charge in [0.15, 0.2) is 5.65 Å². The van der Waals surface area contributed by atoms with Crippen LogP contribution in [0.15, 0.2) is 36.8 Å². The predicted molar refractivity (Wildman–Crippen MR) is 79.7 cm³/mol. The zero-order valence-corrected chi connectivity index (χ0v) is 12.3. The fourth-order valence-corrected chi connectivity index (χ4v) is 2.21. The van der Waals surface area contributed by atoms with Gasteiger partial charge in [0.25, 0.3) is 5.91 Å². The van der Waals surface area contributed by atoms with Gasteiger partial charge in [0, 0.05) is 31.2 Å². The maximum atomic E-state index is 12.4. The summed E-state index contributed by atoms with van der Waals surface area (Å²) >= 11 is 0.